The van der Waals surface area contributed by atoms with Gasteiger partial charge in [-0.3, -0.25) is 4.68 Å². The Morgan fingerprint density at radius 1 is 1.37 bits per heavy atom. The maximum absolute atomic E-state index is 5.38. The topological polar surface area (TPSA) is 77.8 Å². The molecule has 7 nitrogen and oxygen atoms in total. The Kier molecular flexibility index (Phi) is 4.27. The van der Waals surface area contributed by atoms with Gasteiger partial charge >= 0.3 is 0 Å². The summed E-state index contributed by atoms with van der Waals surface area (Å²) in [7, 11) is 1.85. The quantitative estimate of drug-likeness (QED) is 0.835. The number of hydrogen-bond donors (Lipinski definition) is 1. The van der Waals surface area contributed by atoms with Crippen LogP contribution in [0.2, 0.25) is 0 Å². The highest BCUT2D eigenvalue weighted by Gasteiger charge is 2.03. The molecular formula is C12H18N6O. The fourth-order valence-corrected chi connectivity index (χ4v) is 1.65. The van der Waals surface area contributed by atoms with E-state index in [0.29, 0.717) is 24.9 Å². The molecule has 0 spiro atoms. The number of anilines is 1. The fraction of sp³-hybridized carbons (Fsp3) is 0.500. The lowest BCUT2D eigenvalue weighted by molar-refractivity contribution is 0.325. The second-order valence-corrected chi connectivity index (χ2v) is 4.08. The third-order valence-corrected chi connectivity index (χ3v) is 2.41. The summed E-state index contributed by atoms with van der Waals surface area (Å²) in [6.07, 6.45) is 2.44. The van der Waals surface area contributed by atoms with Crippen LogP contribution in [0, 0.1) is 6.92 Å². The van der Waals surface area contributed by atoms with Gasteiger partial charge in [-0.2, -0.15) is 10.1 Å². The average Bonchev–Trinajstić information content (AvgIpc) is 2.75. The number of ether oxygens (including phenoxy) is 1. The van der Waals surface area contributed by atoms with Gasteiger partial charge in [0.2, 0.25) is 5.88 Å². The van der Waals surface area contributed by atoms with Gasteiger partial charge in [0.1, 0.15) is 18.0 Å². The Hall–Kier alpha value is -2.18. The zero-order chi connectivity index (χ0) is 13.7. The minimum absolute atomic E-state index is 0.591. The van der Waals surface area contributed by atoms with Crippen LogP contribution in [-0.4, -0.2) is 37.9 Å². The van der Waals surface area contributed by atoms with Crippen LogP contribution in [0.25, 0.3) is 0 Å². The molecule has 0 amide bonds. The summed E-state index contributed by atoms with van der Waals surface area (Å²) in [6, 6.07) is 1.79. The first-order valence-corrected chi connectivity index (χ1v) is 6.24. The average molecular weight is 262 g/mol. The summed E-state index contributed by atoms with van der Waals surface area (Å²) < 4.78 is 7.07. The summed E-state index contributed by atoms with van der Waals surface area (Å²) in [5, 5.41) is 7.44. The minimum atomic E-state index is 0.591. The molecule has 2 aromatic rings. The Morgan fingerprint density at radius 2 is 2.21 bits per heavy atom. The second-order valence-electron chi connectivity index (χ2n) is 4.08. The van der Waals surface area contributed by atoms with Crippen LogP contribution >= 0.6 is 0 Å². The summed E-state index contributed by atoms with van der Waals surface area (Å²) in [4.78, 5) is 12.7. The Labute approximate surface area is 112 Å². The van der Waals surface area contributed by atoms with Crippen molar-refractivity contribution >= 4 is 5.82 Å². The number of aromatic nitrogens is 5. The maximum atomic E-state index is 5.38. The van der Waals surface area contributed by atoms with Crippen LogP contribution in [0.5, 0.6) is 5.88 Å². The molecule has 19 heavy (non-hydrogen) atoms. The van der Waals surface area contributed by atoms with Gasteiger partial charge in [-0.1, -0.05) is 0 Å². The van der Waals surface area contributed by atoms with E-state index in [1.165, 1.54) is 0 Å². The van der Waals surface area contributed by atoms with Crippen molar-refractivity contribution < 1.29 is 4.74 Å². The lowest BCUT2D eigenvalue weighted by Gasteiger charge is -2.07. The van der Waals surface area contributed by atoms with Crippen LogP contribution in [0.4, 0.5) is 5.82 Å². The van der Waals surface area contributed by atoms with Gasteiger partial charge < -0.3 is 10.1 Å². The van der Waals surface area contributed by atoms with Gasteiger partial charge in [0, 0.05) is 26.1 Å². The van der Waals surface area contributed by atoms with Gasteiger partial charge in [-0.15, -0.1) is 0 Å². The minimum Gasteiger partial charge on any atom is -0.478 e. The highest BCUT2D eigenvalue weighted by Crippen LogP contribution is 2.13. The van der Waals surface area contributed by atoms with Crippen LogP contribution < -0.4 is 10.1 Å². The monoisotopic (exact) mass is 262 g/mol. The summed E-state index contributed by atoms with van der Waals surface area (Å²) in [6.45, 7) is 5.07. The zero-order valence-corrected chi connectivity index (χ0v) is 11.4. The van der Waals surface area contributed by atoms with Crippen molar-refractivity contribution in [1.29, 1.82) is 0 Å². The number of nitrogens with one attached hydrogen (secondary N) is 1. The smallest absolute Gasteiger partial charge is 0.218 e. The third-order valence-electron chi connectivity index (χ3n) is 2.41. The first-order valence-electron chi connectivity index (χ1n) is 6.24. The largest absolute Gasteiger partial charge is 0.478 e. The van der Waals surface area contributed by atoms with E-state index in [1.54, 1.807) is 17.1 Å². The first-order chi connectivity index (χ1) is 9.17. The molecule has 102 valence electrons. The molecule has 0 aliphatic carbocycles. The van der Waals surface area contributed by atoms with Crippen molar-refractivity contribution in [3.63, 3.8) is 0 Å². The first kappa shape index (κ1) is 13.3. The van der Waals surface area contributed by atoms with Crippen LogP contribution in [0.15, 0.2) is 12.4 Å². The predicted molar refractivity (Wildman–Crippen MR) is 71.1 cm³/mol. The third kappa shape index (κ3) is 3.90. The van der Waals surface area contributed by atoms with Crippen molar-refractivity contribution in [1.82, 2.24) is 24.7 Å². The lowest BCUT2D eigenvalue weighted by atomic mass is 10.4. The molecule has 0 unspecified atom stereocenters. The van der Waals surface area contributed by atoms with E-state index in [9.17, 15) is 0 Å². The zero-order valence-electron chi connectivity index (χ0n) is 11.4. The van der Waals surface area contributed by atoms with E-state index in [0.717, 1.165) is 18.1 Å². The molecule has 0 aliphatic heterocycles. The van der Waals surface area contributed by atoms with Crippen LogP contribution in [0.1, 0.15) is 18.6 Å². The van der Waals surface area contributed by atoms with Gasteiger partial charge in [-0.25, -0.2) is 9.97 Å². The molecule has 0 aromatic carbocycles. The van der Waals surface area contributed by atoms with E-state index in [2.05, 4.69) is 25.4 Å². The highest BCUT2D eigenvalue weighted by molar-refractivity contribution is 5.38. The summed E-state index contributed by atoms with van der Waals surface area (Å²) in [5.41, 5.74) is 0. The van der Waals surface area contributed by atoms with Gasteiger partial charge in [0.15, 0.2) is 5.82 Å². The van der Waals surface area contributed by atoms with Crippen molar-refractivity contribution in [3.05, 3.63) is 24.0 Å². The molecule has 1 N–H and O–H groups in total. The SMILES string of the molecule is CCOc1cc(NCCc2ncn(C)n2)nc(C)n1. The molecule has 7 heteroatoms. The van der Waals surface area contributed by atoms with E-state index in [1.807, 2.05) is 20.9 Å². The molecular weight excluding hydrogens is 244 g/mol. The maximum Gasteiger partial charge on any atom is 0.218 e. The standard InChI is InChI=1S/C12H18N6O/c1-4-19-12-7-11(15-9(2)16-12)13-6-5-10-14-8-18(3)17-10/h7-8H,4-6H2,1-3H3,(H,13,15,16). The number of aryl methyl sites for hydroxylation is 2. The number of nitrogens with zero attached hydrogens (tertiary/aromatic N) is 5. The lowest BCUT2D eigenvalue weighted by Crippen LogP contribution is -2.09. The number of hydrogen-bond acceptors (Lipinski definition) is 6. The van der Waals surface area contributed by atoms with E-state index in [4.69, 9.17) is 4.74 Å². The van der Waals surface area contributed by atoms with Gasteiger partial charge in [0.05, 0.1) is 6.61 Å². The van der Waals surface area contributed by atoms with Crippen LogP contribution in [0.3, 0.4) is 0 Å². The van der Waals surface area contributed by atoms with Gasteiger partial charge in [0.25, 0.3) is 0 Å². The van der Waals surface area contributed by atoms with Crippen molar-refractivity contribution in [2.75, 3.05) is 18.5 Å². The molecule has 0 fully saturated rings. The molecule has 0 aliphatic rings. The normalized spacial score (nSPS) is 10.5. The molecule has 0 saturated carbocycles. The second kappa shape index (κ2) is 6.12. The summed E-state index contributed by atoms with van der Waals surface area (Å²) in [5.74, 6) is 2.84. The summed E-state index contributed by atoms with van der Waals surface area (Å²) >= 11 is 0. The van der Waals surface area contributed by atoms with E-state index in [-0.39, 0.29) is 0 Å². The Morgan fingerprint density at radius 3 is 2.89 bits per heavy atom. The van der Waals surface area contributed by atoms with E-state index >= 15 is 0 Å². The number of rotatable bonds is 6. The highest BCUT2D eigenvalue weighted by atomic mass is 16.5. The molecule has 0 bridgehead atoms. The Bertz CT molecular complexity index is 539. The molecule has 0 radical (unpaired) electrons. The van der Waals surface area contributed by atoms with E-state index < -0.39 is 0 Å². The van der Waals surface area contributed by atoms with Crippen molar-refractivity contribution in [2.45, 2.75) is 20.3 Å². The Balaban J connectivity index is 1.91. The molecule has 0 saturated heterocycles. The molecule has 2 aromatic heterocycles. The van der Waals surface area contributed by atoms with Crippen LogP contribution in [-0.2, 0) is 13.5 Å². The fourth-order valence-electron chi connectivity index (χ4n) is 1.65. The van der Waals surface area contributed by atoms with Crippen molar-refractivity contribution in [2.24, 2.45) is 7.05 Å². The van der Waals surface area contributed by atoms with Crippen molar-refractivity contribution in [3.8, 4) is 5.88 Å². The van der Waals surface area contributed by atoms with Gasteiger partial charge in [-0.05, 0) is 13.8 Å². The molecule has 0 atom stereocenters. The molecule has 2 rings (SSSR count). The predicted octanol–water partition coefficient (Wildman–Crippen LogP) is 0.967. The molecule has 2 heterocycles.